The number of carbonyl (C=O) groups excluding carboxylic acids is 1. The Balaban J connectivity index is 2.43. The molecule has 0 aliphatic carbocycles. The van der Waals surface area contributed by atoms with E-state index in [9.17, 15) is 9.59 Å². The van der Waals surface area contributed by atoms with Gasteiger partial charge in [-0.05, 0) is 32.7 Å². The first kappa shape index (κ1) is 15.0. The van der Waals surface area contributed by atoms with Gasteiger partial charge in [0.25, 0.3) is 0 Å². The summed E-state index contributed by atoms with van der Waals surface area (Å²) >= 11 is 0. The fraction of sp³-hybridized carbons (Fsp3) is 0.846. The quantitative estimate of drug-likeness (QED) is 0.698. The Morgan fingerprint density at radius 2 is 2.22 bits per heavy atom. The van der Waals surface area contributed by atoms with E-state index >= 15 is 0 Å². The number of nitrogens with zero attached hydrogens (tertiary/aromatic N) is 1. The van der Waals surface area contributed by atoms with Crippen LogP contribution in [0.3, 0.4) is 0 Å². The van der Waals surface area contributed by atoms with E-state index in [1.807, 2.05) is 4.90 Å². The first-order valence-corrected chi connectivity index (χ1v) is 6.80. The highest BCUT2D eigenvalue weighted by molar-refractivity contribution is 5.79. The van der Waals surface area contributed by atoms with E-state index in [1.165, 1.54) is 0 Å². The zero-order chi connectivity index (χ0) is 13.5. The number of hydrogen-bond donors (Lipinski definition) is 2. The summed E-state index contributed by atoms with van der Waals surface area (Å²) in [6.07, 6.45) is 3.81. The fourth-order valence-corrected chi connectivity index (χ4v) is 2.26. The molecule has 1 heterocycles. The first-order chi connectivity index (χ1) is 8.56. The van der Waals surface area contributed by atoms with Crippen LogP contribution in [0.15, 0.2) is 0 Å². The van der Waals surface area contributed by atoms with Crippen LogP contribution in [-0.2, 0) is 9.59 Å². The van der Waals surface area contributed by atoms with Gasteiger partial charge in [-0.15, -0.1) is 0 Å². The van der Waals surface area contributed by atoms with Crippen LogP contribution in [0.4, 0.5) is 0 Å². The summed E-state index contributed by atoms with van der Waals surface area (Å²) < 4.78 is 0. The number of piperidine rings is 1. The number of hydrogen-bond acceptors (Lipinski definition) is 3. The summed E-state index contributed by atoms with van der Waals surface area (Å²) in [5, 5.41) is 11.9. The highest BCUT2D eigenvalue weighted by Gasteiger charge is 2.30. The van der Waals surface area contributed by atoms with E-state index in [-0.39, 0.29) is 11.8 Å². The molecule has 104 valence electrons. The molecule has 0 bridgehead atoms. The summed E-state index contributed by atoms with van der Waals surface area (Å²) in [4.78, 5) is 24.8. The predicted molar refractivity (Wildman–Crippen MR) is 69.3 cm³/mol. The molecule has 1 saturated heterocycles. The molecule has 1 aliphatic rings. The van der Waals surface area contributed by atoms with Gasteiger partial charge < -0.3 is 10.4 Å². The van der Waals surface area contributed by atoms with Crippen LogP contribution in [0.25, 0.3) is 0 Å². The van der Waals surface area contributed by atoms with Gasteiger partial charge in [0.05, 0.1) is 5.92 Å². The smallest absolute Gasteiger partial charge is 0.320 e. The predicted octanol–water partition coefficient (Wildman–Crippen LogP) is 1.09. The van der Waals surface area contributed by atoms with Crippen LogP contribution in [-0.4, -0.2) is 47.6 Å². The van der Waals surface area contributed by atoms with Crippen LogP contribution >= 0.6 is 0 Å². The lowest BCUT2D eigenvalue weighted by Crippen LogP contribution is -2.48. The van der Waals surface area contributed by atoms with E-state index in [2.05, 4.69) is 12.2 Å². The second kappa shape index (κ2) is 7.36. The van der Waals surface area contributed by atoms with Crippen LogP contribution in [0.2, 0.25) is 0 Å². The minimum absolute atomic E-state index is 0.0580. The molecule has 2 N–H and O–H groups in total. The first-order valence-electron chi connectivity index (χ1n) is 6.80. The maximum absolute atomic E-state index is 11.9. The minimum atomic E-state index is -0.818. The molecule has 0 radical (unpaired) electrons. The molecule has 2 atom stereocenters. The lowest BCUT2D eigenvalue weighted by atomic mass is 9.96. The van der Waals surface area contributed by atoms with E-state index in [0.29, 0.717) is 6.54 Å². The molecule has 1 fully saturated rings. The fourth-order valence-electron chi connectivity index (χ4n) is 2.26. The van der Waals surface area contributed by atoms with Crippen molar-refractivity contribution < 1.29 is 14.7 Å². The molecule has 5 heteroatoms. The highest BCUT2D eigenvalue weighted by Crippen LogP contribution is 2.18. The Labute approximate surface area is 109 Å². The van der Waals surface area contributed by atoms with Crippen molar-refractivity contribution in [3.8, 4) is 0 Å². The molecular formula is C13H24N2O3. The number of carboxylic acid groups (broad SMARTS) is 1. The van der Waals surface area contributed by atoms with Gasteiger partial charge in [0.1, 0.15) is 6.04 Å². The average molecular weight is 256 g/mol. The molecule has 0 aromatic heterocycles. The highest BCUT2D eigenvalue weighted by atomic mass is 16.4. The van der Waals surface area contributed by atoms with E-state index in [0.717, 1.165) is 38.8 Å². The Kier molecular flexibility index (Phi) is 6.12. The van der Waals surface area contributed by atoms with Crippen molar-refractivity contribution in [2.75, 3.05) is 19.6 Å². The largest absolute Gasteiger partial charge is 0.480 e. The Morgan fingerprint density at radius 3 is 2.83 bits per heavy atom. The maximum atomic E-state index is 11.9. The Bertz CT molecular complexity index is 294. The summed E-state index contributed by atoms with van der Waals surface area (Å²) in [5.74, 6) is -0.801. The van der Waals surface area contributed by atoms with Crippen molar-refractivity contribution in [2.24, 2.45) is 5.92 Å². The lowest BCUT2D eigenvalue weighted by Gasteiger charge is -2.34. The molecule has 1 rings (SSSR count). The Morgan fingerprint density at radius 1 is 1.50 bits per heavy atom. The normalized spacial score (nSPS) is 22.4. The van der Waals surface area contributed by atoms with Gasteiger partial charge in [0.2, 0.25) is 5.91 Å². The van der Waals surface area contributed by atoms with Gasteiger partial charge in [-0.1, -0.05) is 13.3 Å². The zero-order valence-corrected chi connectivity index (χ0v) is 11.3. The van der Waals surface area contributed by atoms with Crippen LogP contribution in [0.1, 0.15) is 39.5 Å². The molecule has 5 nitrogen and oxygen atoms in total. The zero-order valence-electron chi connectivity index (χ0n) is 11.3. The van der Waals surface area contributed by atoms with Crippen molar-refractivity contribution in [3.63, 3.8) is 0 Å². The van der Waals surface area contributed by atoms with E-state index < -0.39 is 12.0 Å². The van der Waals surface area contributed by atoms with Crippen LogP contribution in [0.5, 0.6) is 0 Å². The monoisotopic (exact) mass is 256 g/mol. The number of likely N-dealkylation sites (tertiary alicyclic amines) is 1. The molecule has 0 unspecified atom stereocenters. The summed E-state index contributed by atoms with van der Waals surface area (Å²) in [6.45, 7) is 5.82. The lowest BCUT2D eigenvalue weighted by molar-refractivity contribution is -0.144. The molecule has 1 amide bonds. The Hall–Kier alpha value is -1.10. The molecular weight excluding hydrogens is 232 g/mol. The molecule has 0 aromatic carbocycles. The SMILES string of the molecule is CCCCNC(=O)[C@@H]1CCCN([C@@H](C)C(=O)O)C1. The minimum Gasteiger partial charge on any atom is -0.480 e. The number of carbonyl (C=O) groups is 2. The van der Waals surface area contributed by atoms with Crippen LogP contribution < -0.4 is 5.32 Å². The number of aliphatic carboxylic acids is 1. The van der Waals surface area contributed by atoms with Crippen molar-refractivity contribution >= 4 is 11.9 Å². The van der Waals surface area contributed by atoms with E-state index in [1.54, 1.807) is 6.92 Å². The number of unbranched alkanes of at least 4 members (excludes halogenated alkanes) is 1. The van der Waals surface area contributed by atoms with Gasteiger partial charge in [-0.3, -0.25) is 14.5 Å². The van der Waals surface area contributed by atoms with Gasteiger partial charge >= 0.3 is 5.97 Å². The third-order valence-electron chi connectivity index (χ3n) is 3.56. The molecule has 0 aromatic rings. The molecule has 0 spiro atoms. The number of amides is 1. The second-order valence-corrected chi connectivity index (χ2v) is 4.99. The standard InChI is InChI=1S/C13H24N2O3/c1-3-4-7-14-12(16)11-6-5-8-15(9-11)10(2)13(17)18/h10-11H,3-9H2,1-2H3,(H,14,16)(H,17,18)/t10-,11+/m0/s1. The van der Waals surface area contributed by atoms with Gasteiger partial charge in [-0.2, -0.15) is 0 Å². The van der Waals surface area contributed by atoms with Crippen molar-refractivity contribution in [2.45, 2.75) is 45.6 Å². The molecule has 0 saturated carbocycles. The third kappa shape index (κ3) is 4.29. The van der Waals surface area contributed by atoms with Gasteiger partial charge in [0, 0.05) is 13.1 Å². The summed E-state index contributed by atoms with van der Waals surface area (Å²) in [7, 11) is 0. The van der Waals surface area contributed by atoms with E-state index in [4.69, 9.17) is 5.11 Å². The molecule has 18 heavy (non-hydrogen) atoms. The number of nitrogens with one attached hydrogen (secondary N) is 1. The average Bonchev–Trinajstić information content (AvgIpc) is 2.38. The summed E-state index contributed by atoms with van der Waals surface area (Å²) in [6, 6.07) is -0.503. The van der Waals surface area contributed by atoms with Crippen molar-refractivity contribution in [1.29, 1.82) is 0 Å². The second-order valence-electron chi connectivity index (χ2n) is 4.99. The number of rotatable bonds is 6. The van der Waals surface area contributed by atoms with Crippen molar-refractivity contribution in [3.05, 3.63) is 0 Å². The van der Waals surface area contributed by atoms with Gasteiger partial charge in [-0.25, -0.2) is 0 Å². The van der Waals surface area contributed by atoms with Crippen molar-refractivity contribution in [1.82, 2.24) is 10.2 Å². The molecule has 1 aliphatic heterocycles. The van der Waals surface area contributed by atoms with Crippen LogP contribution in [0, 0.1) is 5.92 Å². The van der Waals surface area contributed by atoms with Gasteiger partial charge in [0.15, 0.2) is 0 Å². The topological polar surface area (TPSA) is 69.6 Å². The summed E-state index contributed by atoms with van der Waals surface area (Å²) in [5.41, 5.74) is 0. The number of carboxylic acids is 1. The third-order valence-corrected chi connectivity index (χ3v) is 3.56. The maximum Gasteiger partial charge on any atom is 0.320 e.